The molecule has 0 heterocycles. The molecular formula is C24H43F3O4. The van der Waals surface area contributed by atoms with E-state index < -0.39 is 24.2 Å². The van der Waals surface area contributed by atoms with Gasteiger partial charge in [0.25, 0.3) is 0 Å². The lowest BCUT2D eigenvalue weighted by atomic mass is 10.0. The van der Waals surface area contributed by atoms with Crippen molar-refractivity contribution in [2.24, 2.45) is 0 Å². The summed E-state index contributed by atoms with van der Waals surface area (Å²) in [7, 11) is 0. The van der Waals surface area contributed by atoms with Crippen LogP contribution in [0.2, 0.25) is 0 Å². The third-order valence-corrected chi connectivity index (χ3v) is 5.29. The van der Waals surface area contributed by atoms with Crippen molar-refractivity contribution in [2.45, 2.75) is 135 Å². The lowest BCUT2D eigenvalue weighted by molar-refractivity contribution is -0.216. The monoisotopic (exact) mass is 452 g/mol. The van der Waals surface area contributed by atoms with E-state index in [9.17, 15) is 22.8 Å². The molecule has 0 saturated heterocycles. The molecule has 0 fully saturated rings. The van der Waals surface area contributed by atoms with Crippen LogP contribution >= 0.6 is 0 Å². The second kappa shape index (κ2) is 19.4. The highest BCUT2D eigenvalue weighted by Gasteiger charge is 2.38. The zero-order chi connectivity index (χ0) is 23.4. The van der Waals surface area contributed by atoms with Crippen LogP contribution in [0.25, 0.3) is 0 Å². The van der Waals surface area contributed by atoms with Crippen LogP contribution in [0.4, 0.5) is 13.2 Å². The zero-order valence-electron chi connectivity index (χ0n) is 19.6. The summed E-state index contributed by atoms with van der Waals surface area (Å²) in [6.45, 7) is 3.38. The van der Waals surface area contributed by atoms with Crippen molar-refractivity contribution < 1.29 is 32.2 Å². The summed E-state index contributed by atoms with van der Waals surface area (Å²) in [6.07, 6.45) is 10.8. The Balaban J connectivity index is 3.37. The van der Waals surface area contributed by atoms with Crippen molar-refractivity contribution in [3.63, 3.8) is 0 Å². The van der Waals surface area contributed by atoms with E-state index in [1.807, 2.05) is 0 Å². The zero-order valence-corrected chi connectivity index (χ0v) is 19.6. The molecule has 0 aliphatic rings. The number of halogens is 3. The van der Waals surface area contributed by atoms with E-state index in [0.29, 0.717) is 6.61 Å². The molecule has 0 saturated carbocycles. The van der Waals surface area contributed by atoms with Gasteiger partial charge >= 0.3 is 18.1 Å². The number of rotatable bonds is 20. The number of alkyl halides is 3. The molecule has 0 aliphatic carbocycles. The molecule has 31 heavy (non-hydrogen) atoms. The van der Waals surface area contributed by atoms with Crippen LogP contribution in [0.1, 0.15) is 123 Å². The number of carbonyl (C=O) groups excluding carboxylic acids is 2. The van der Waals surface area contributed by atoms with Crippen LogP contribution in [0, 0.1) is 0 Å². The number of ether oxygens (including phenoxy) is 2. The molecule has 184 valence electrons. The van der Waals surface area contributed by atoms with E-state index in [1.165, 1.54) is 70.6 Å². The molecule has 0 N–H and O–H groups in total. The molecule has 0 radical (unpaired) electrons. The van der Waals surface area contributed by atoms with Gasteiger partial charge in [0.2, 0.25) is 0 Å². The Hall–Kier alpha value is -1.27. The van der Waals surface area contributed by atoms with Gasteiger partial charge in [-0.05, 0) is 19.8 Å². The van der Waals surface area contributed by atoms with Crippen molar-refractivity contribution in [1.29, 1.82) is 0 Å². The molecule has 0 rings (SSSR count). The number of hydrogen-bond donors (Lipinski definition) is 0. The minimum Gasteiger partial charge on any atom is -0.466 e. The first-order valence-electron chi connectivity index (χ1n) is 12.2. The molecule has 4 nitrogen and oxygen atoms in total. The molecule has 1 unspecified atom stereocenters. The van der Waals surface area contributed by atoms with Crippen LogP contribution in [0.5, 0.6) is 0 Å². The maximum absolute atomic E-state index is 12.3. The molecule has 0 amide bonds. The first-order valence-corrected chi connectivity index (χ1v) is 12.2. The number of unbranched alkanes of at least 4 members (excludes halogenated alkanes) is 13. The minimum absolute atomic E-state index is 0.00804. The molecule has 0 aliphatic heterocycles. The highest BCUT2D eigenvalue weighted by Crippen LogP contribution is 2.22. The van der Waals surface area contributed by atoms with Gasteiger partial charge in [-0.25, -0.2) is 0 Å². The van der Waals surface area contributed by atoms with Gasteiger partial charge in [0, 0.05) is 12.8 Å². The maximum Gasteiger partial charge on any atom is 0.425 e. The Bertz CT molecular complexity index is 453. The number of carbonyl (C=O) groups is 2. The predicted molar refractivity (Wildman–Crippen MR) is 117 cm³/mol. The second-order valence-electron chi connectivity index (χ2n) is 8.34. The maximum atomic E-state index is 12.3. The van der Waals surface area contributed by atoms with Crippen molar-refractivity contribution in [1.82, 2.24) is 0 Å². The van der Waals surface area contributed by atoms with E-state index in [1.54, 1.807) is 0 Å². The Labute approximate surface area is 186 Å². The van der Waals surface area contributed by atoms with Crippen LogP contribution in [0.15, 0.2) is 0 Å². The smallest absolute Gasteiger partial charge is 0.425 e. The molecule has 0 spiro atoms. The second-order valence-corrected chi connectivity index (χ2v) is 8.34. The largest absolute Gasteiger partial charge is 0.466 e. The van der Waals surface area contributed by atoms with Gasteiger partial charge in [0.05, 0.1) is 6.61 Å². The summed E-state index contributed by atoms with van der Waals surface area (Å²) in [5.74, 6) is -1.38. The van der Waals surface area contributed by atoms with Crippen molar-refractivity contribution >= 4 is 11.9 Å². The first-order chi connectivity index (χ1) is 14.8. The first kappa shape index (κ1) is 29.7. The normalized spacial score (nSPS) is 12.5. The molecule has 0 aromatic carbocycles. The van der Waals surface area contributed by atoms with Gasteiger partial charge in [0.15, 0.2) is 6.10 Å². The highest BCUT2D eigenvalue weighted by molar-refractivity contribution is 5.72. The molecule has 7 heteroatoms. The molecular weight excluding hydrogens is 409 g/mol. The third kappa shape index (κ3) is 20.4. The predicted octanol–water partition coefficient (Wildman–Crippen LogP) is 7.68. The SMILES string of the molecule is CCCCCCCCCCCCCCCCOC(=O)CCCC(=O)OC(C)C(F)(F)F. The van der Waals surface area contributed by atoms with Crippen LogP contribution in [0.3, 0.4) is 0 Å². The third-order valence-electron chi connectivity index (χ3n) is 5.29. The Morgan fingerprint density at radius 3 is 1.55 bits per heavy atom. The molecule has 0 bridgehead atoms. The van der Waals surface area contributed by atoms with Gasteiger partial charge in [0.1, 0.15) is 0 Å². The Kier molecular flexibility index (Phi) is 18.6. The van der Waals surface area contributed by atoms with E-state index in [4.69, 9.17) is 4.74 Å². The van der Waals surface area contributed by atoms with Gasteiger partial charge in [-0.2, -0.15) is 13.2 Å². The van der Waals surface area contributed by atoms with Crippen molar-refractivity contribution in [3.8, 4) is 0 Å². The topological polar surface area (TPSA) is 52.6 Å². The lowest BCUT2D eigenvalue weighted by Gasteiger charge is -2.16. The van der Waals surface area contributed by atoms with E-state index in [0.717, 1.165) is 26.2 Å². The quantitative estimate of drug-likeness (QED) is 0.140. The van der Waals surface area contributed by atoms with Gasteiger partial charge in [-0.15, -0.1) is 0 Å². The Morgan fingerprint density at radius 1 is 0.677 bits per heavy atom. The highest BCUT2D eigenvalue weighted by atomic mass is 19.4. The van der Waals surface area contributed by atoms with Crippen molar-refractivity contribution in [3.05, 3.63) is 0 Å². The standard InChI is InChI=1S/C24H43F3O4/c1-3-4-5-6-7-8-9-10-11-12-13-14-15-16-20-30-22(28)18-17-19-23(29)31-21(2)24(25,26)27/h21H,3-20H2,1-2H3. The summed E-state index contributed by atoms with van der Waals surface area (Å²) in [4.78, 5) is 22.9. The fraction of sp³-hybridized carbons (Fsp3) is 0.917. The summed E-state index contributed by atoms with van der Waals surface area (Å²) in [5, 5.41) is 0. The Morgan fingerprint density at radius 2 is 1.10 bits per heavy atom. The molecule has 1 atom stereocenters. The molecule has 0 aromatic heterocycles. The summed E-state index contributed by atoms with van der Waals surface area (Å²) in [6, 6.07) is 0. The lowest BCUT2D eigenvalue weighted by Crippen LogP contribution is -2.30. The van der Waals surface area contributed by atoms with Crippen molar-refractivity contribution in [2.75, 3.05) is 6.61 Å². The van der Waals surface area contributed by atoms with E-state index in [2.05, 4.69) is 11.7 Å². The van der Waals surface area contributed by atoms with Gasteiger partial charge in [-0.3, -0.25) is 9.59 Å². The average Bonchev–Trinajstić information content (AvgIpc) is 2.70. The summed E-state index contributed by atoms with van der Waals surface area (Å²) >= 11 is 0. The minimum atomic E-state index is -4.57. The number of esters is 2. The van der Waals surface area contributed by atoms with Crippen LogP contribution in [-0.4, -0.2) is 30.8 Å². The van der Waals surface area contributed by atoms with E-state index in [-0.39, 0.29) is 19.3 Å². The molecule has 0 aromatic rings. The fourth-order valence-corrected chi connectivity index (χ4v) is 3.25. The van der Waals surface area contributed by atoms with Crippen LogP contribution < -0.4 is 0 Å². The van der Waals surface area contributed by atoms with Crippen LogP contribution in [-0.2, 0) is 19.1 Å². The number of hydrogen-bond acceptors (Lipinski definition) is 4. The summed E-state index contributed by atoms with van der Waals surface area (Å²) in [5.41, 5.74) is 0. The van der Waals surface area contributed by atoms with E-state index >= 15 is 0 Å². The fourth-order valence-electron chi connectivity index (χ4n) is 3.25. The average molecular weight is 453 g/mol. The summed E-state index contributed by atoms with van der Waals surface area (Å²) < 4.78 is 46.2. The van der Waals surface area contributed by atoms with Gasteiger partial charge in [-0.1, -0.05) is 90.4 Å². The van der Waals surface area contributed by atoms with Gasteiger partial charge < -0.3 is 9.47 Å².